The van der Waals surface area contributed by atoms with Gasteiger partial charge in [-0.05, 0) is 19.3 Å². The predicted octanol–water partition coefficient (Wildman–Crippen LogP) is 3.10. The van der Waals surface area contributed by atoms with Crippen LogP contribution in [0.25, 0.3) is 0 Å². The molecular weight excluding hydrogens is 415 g/mol. The molecule has 0 aromatic rings. The summed E-state index contributed by atoms with van der Waals surface area (Å²) in [6, 6.07) is 0.456. The normalized spacial score (nSPS) is 20.6. The van der Waals surface area contributed by atoms with Crippen molar-refractivity contribution in [3.05, 3.63) is 0 Å². The highest BCUT2D eigenvalue weighted by molar-refractivity contribution is 14.0. The van der Waals surface area contributed by atoms with Crippen molar-refractivity contribution in [1.29, 1.82) is 0 Å². The lowest BCUT2D eigenvalue weighted by Crippen LogP contribution is -2.51. The first kappa shape index (κ1) is 23.9. The predicted molar refractivity (Wildman–Crippen MR) is 115 cm³/mol. The Morgan fingerprint density at radius 3 is 2.67 bits per heavy atom. The van der Waals surface area contributed by atoms with Crippen molar-refractivity contribution in [2.24, 2.45) is 10.9 Å². The van der Waals surface area contributed by atoms with Crippen molar-refractivity contribution in [3.63, 3.8) is 0 Å². The summed E-state index contributed by atoms with van der Waals surface area (Å²) >= 11 is 0. The molecule has 144 valence electrons. The van der Waals surface area contributed by atoms with Gasteiger partial charge in [-0.3, -0.25) is 9.89 Å². The summed E-state index contributed by atoms with van der Waals surface area (Å²) in [6.07, 6.45) is 5.29. The van der Waals surface area contributed by atoms with E-state index in [0.29, 0.717) is 12.0 Å². The second-order valence-electron chi connectivity index (χ2n) is 7.14. The van der Waals surface area contributed by atoms with Gasteiger partial charge in [0.2, 0.25) is 0 Å². The summed E-state index contributed by atoms with van der Waals surface area (Å²) in [5.74, 6) is 1.60. The number of morpholine rings is 1. The molecule has 2 N–H and O–H groups in total. The van der Waals surface area contributed by atoms with Crippen molar-refractivity contribution in [2.75, 3.05) is 39.8 Å². The summed E-state index contributed by atoms with van der Waals surface area (Å²) < 4.78 is 5.88. The van der Waals surface area contributed by atoms with E-state index < -0.39 is 0 Å². The zero-order chi connectivity index (χ0) is 17.1. The maximum Gasteiger partial charge on any atom is 0.191 e. The second kappa shape index (κ2) is 14.1. The molecule has 0 saturated carbocycles. The number of ether oxygens (including phenoxy) is 1. The van der Waals surface area contributed by atoms with Gasteiger partial charge in [-0.2, -0.15) is 0 Å². The average molecular weight is 454 g/mol. The van der Waals surface area contributed by atoms with Crippen molar-refractivity contribution >= 4 is 29.9 Å². The molecule has 0 aliphatic carbocycles. The summed E-state index contributed by atoms with van der Waals surface area (Å²) in [6.45, 7) is 13.9. The van der Waals surface area contributed by atoms with Crippen LogP contribution in [0.15, 0.2) is 4.99 Å². The summed E-state index contributed by atoms with van der Waals surface area (Å²) in [5.41, 5.74) is 0. The number of guanidine groups is 1. The Labute approximate surface area is 166 Å². The first-order valence-corrected chi connectivity index (χ1v) is 9.36. The number of hydrogen-bond donors (Lipinski definition) is 2. The standard InChI is InChI=1S/C18H38N4O.HI/c1-6-7-8-9-16(4)21-18(19-5)20-12-17-14-22(10-11-23-17)13-15(2)3;/h15-17H,6-14H2,1-5H3,(H2,19,20,21);1H. The number of nitrogens with one attached hydrogen (secondary N) is 2. The van der Waals surface area contributed by atoms with Crippen LogP contribution in [-0.2, 0) is 4.74 Å². The smallest absolute Gasteiger partial charge is 0.191 e. The summed E-state index contributed by atoms with van der Waals surface area (Å²) in [5, 5.41) is 6.90. The Morgan fingerprint density at radius 2 is 2.04 bits per heavy atom. The fourth-order valence-corrected chi connectivity index (χ4v) is 3.00. The summed E-state index contributed by atoms with van der Waals surface area (Å²) in [7, 11) is 1.83. The van der Waals surface area contributed by atoms with E-state index in [4.69, 9.17) is 4.74 Å². The molecule has 0 aromatic carbocycles. The lowest BCUT2D eigenvalue weighted by molar-refractivity contribution is -0.0284. The third kappa shape index (κ3) is 10.7. The van der Waals surface area contributed by atoms with Crippen LogP contribution in [-0.4, -0.2) is 62.8 Å². The highest BCUT2D eigenvalue weighted by Gasteiger charge is 2.21. The minimum absolute atomic E-state index is 0. The molecular formula is C18H39IN4O. The molecule has 1 saturated heterocycles. The average Bonchev–Trinajstić information content (AvgIpc) is 2.51. The highest BCUT2D eigenvalue weighted by atomic mass is 127. The molecule has 1 rings (SSSR count). The van der Waals surface area contributed by atoms with Crippen LogP contribution in [0.4, 0.5) is 0 Å². The van der Waals surface area contributed by atoms with E-state index >= 15 is 0 Å². The fourth-order valence-electron chi connectivity index (χ4n) is 3.00. The monoisotopic (exact) mass is 454 g/mol. The first-order valence-electron chi connectivity index (χ1n) is 9.36. The van der Waals surface area contributed by atoms with Crippen LogP contribution < -0.4 is 10.6 Å². The third-order valence-corrected chi connectivity index (χ3v) is 4.19. The van der Waals surface area contributed by atoms with E-state index in [1.54, 1.807) is 0 Å². The zero-order valence-corrected chi connectivity index (χ0v) is 18.6. The molecule has 1 aliphatic heterocycles. The molecule has 0 bridgehead atoms. The third-order valence-electron chi connectivity index (χ3n) is 4.19. The second-order valence-corrected chi connectivity index (χ2v) is 7.14. The minimum Gasteiger partial charge on any atom is -0.374 e. The molecule has 1 heterocycles. The maximum absolute atomic E-state index is 5.88. The molecule has 2 atom stereocenters. The molecule has 0 radical (unpaired) electrons. The molecule has 1 fully saturated rings. The topological polar surface area (TPSA) is 48.9 Å². The number of aliphatic imine (C=N–C) groups is 1. The van der Waals surface area contributed by atoms with E-state index in [0.717, 1.165) is 38.7 Å². The Balaban J connectivity index is 0.00000529. The van der Waals surface area contributed by atoms with Crippen LogP contribution in [0.2, 0.25) is 0 Å². The molecule has 1 aliphatic rings. The molecule has 6 heteroatoms. The van der Waals surface area contributed by atoms with E-state index in [2.05, 4.69) is 48.2 Å². The van der Waals surface area contributed by atoms with Crippen molar-refractivity contribution in [3.8, 4) is 0 Å². The molecule has 5 nitrogen and oxygen atoms in total. The van der Waals surface area contributed by atoms with Gasteiger partial charge in [-0.1, -0.05) is 40.0 Å². The molecule has 2 unspecified atom stereocenters. The molecule has 0 amide bonds. The molecule has 0 aromatic heterocycles. The maximum atomic E-state index is 5.88. The van der Waals surface area contributed by atoms with Gasteiger partial charge in [0.05, 0.1) is 12.7 Å². The quantitative estimate of drug-likeness (QED) is 0.243. The van der Waals surface area contributed by atoms with Crippen LogP contribution in [0, 0.1) is 5.92 Å². The van der Waals surface area contributed by atoms with E-state index in [-0.39, 0.29) is 30.1 Å². The van der Waals surface area contributed by atoms with Gasteiger partial charge in [-0.25, -0.2) is 0 Å². The van der Waals surface area contributed by atoms with E-state index in [1.807, 2.05) is 7.05 Å². The van der Waals surface area contributed by atoms with Crippen molar-refractivity contribution in [2.45, 2.75) is 65.5 Å². The summed E-state index contributed by atoms with van der Waals surface area (Å²) in [4.78, 5) is 6.84. The highest BCUT2D eigenvalue weighted by Crippen LogP contribution is 2.07. The molecule has 0 spiro atoms. The number of nitrogens with zero attached hydrogens (tertiary/aromatic N) is 2. The lowest BCUT2D eigenvalue weighted by Gasteiger charge is -2.34. The zero-order valence-electron chi connectivity index (χ0n) is 16.3. The Kier molecular flexibility index (Phi) is 14.1. The van der Waals surface area contributed by atoms with E-state index in [9.17, 15) is 0 Å². The minimum atomic E-state index is 0. The van der Waals surface area contributed by atoms with Gasteiger partial charge in [0.15, 0.2) is 5.96 Å². The van der Waals surface area contributed by atoms with Gasteiger partial charge in [0, 0.05) is 39.3 Å². The van der Waals surface area contributed by atoms with Crippen molar-refractivity contribution < 1.29 is 4.74 Å². The van der Waals surface area contributed by atoms with Gasteiger partial charge in [0.1, 0.15) is 0 Å². The van der Waals surface area contributed by atoms with Crippen LogP contribution in [0.5, 0.6) is 0 Å². The SMILES string of the molecule is CCCCCC(C)NC(=NC)NCC1CN(CC(C)C)CCO1.I. The van der Waals surface area contributed by atoms with Gasteiger partial charge < -0.3 is 15.4 Å². The van der Waals surface area contributed by atoms with Gasteiger partial charge in [-0.15, -0.1) is 24.0 Å². The van der Waals surface area contributed by atoms with Crippen LogP contribution >= 0.6 is 24.0 Å². The number of halogens is 1. The van der Waals surface area contributed by atoms with Crippen molar-refractivity contribution in [1.82, 2.24) is 15.5 Å². The van der Waals surface area contributed by atoms with Gasteiger partial charge in [0.25, 0.3) is 0 Å². The van der Waals surface area contributed by atoms with Gasteiger partial charge >= 0.3 is 0 Å². The Bertz CT molecular complexity index is 339. The van der Waals surface area contributed by atoms with Crippen LogP contribution in [0.3, 0.4) is 0 Å². The molecule has 24 heavy (non-hydrogen) atoms. The number of hydrogen-bond acceptors (Lipinski definition) is 3. The number of unbranched alkanes of at least 4 members (excludes halogenated alkanes) is 2. The van der Waals surface area contributed by atoms with E-state index in [1.165, 1.54) is 25.7 Å². The Morgan fingerprint density at radius 1 is 1.29 bits per heavy atom. The van der Waals surface area contributed by atoms with Crippen LogP contribution in [0.1, 0.15) is 53.4 Å². The fraction of sp³-hybridized carbons (Fsp3) is 0.944. The largest absolute Gasteiger partial charge is 0.374 e. The Hall–Kier alpha value is -0.0800. The number of rotatable bonds is 9. The lowest BCUT2D eigenvalue weighted by atomic mass is 10.1. The first-order chi connectivity index (χ1) is 11.0.